The fraction of sp³-hybridized carbons (Fsp3) is 0.250. The molecule has 0 amide bonds. The number of rotatable bonds is 2. The van der Waals surface area contributed by atoms with Gasteiger partial charge in [0, 0.05) is 6.07 Å². The molecule has 0 spiro atoms. The maximum atomic E-state index is 12.6. The number of hydrogen-bond donors (Lipinski definition) is 1. The number of ether oxygens (including phenoxy) is 1. The normalized spacial score (nSPS) is 11.4. The Morgan fingerprint density at radius 1 is 1.29 bits per heavy atom. The van der Waals surface area contributed by atoms with E-state index < -0.39 is 18.6 Å². The van der Waals surface area contributed by atoms with Gasteiger partial charge in [-0.25, -0.2) is 4.39 Å². The van der Waals surface area contributed by atoms with Crippen LogP contribution in [0.4, 0.5) is 23.2 Å². The van der Waals surface area contributed by atoms with E-state index in [0.29, 0.717) is 0 Å². The quantitative estimate of drug-likeness (QED) is 0.599. The Hall–Kier alpha value is -1.46. The van der Waals surface area contributed by atoms with Crippen LogP contribution in [-0.2, 0) is 0 Å². The van der Waals surface area contributed by atoms with Crippen LogP contribution < -0.4 is 10.5 Å². The van der Waals surface area contributed by atoms with E-state index in [1.807, 2.05) is 0 Å². The predicted octanol–water partition coefficient (Wildman–Crippen LogP) is 2.35. The van der Waals surface area contributed by atoms with Gasteiger partial charge in [-0.15, -0.1) is 0 Å². The second-order valence-electron chi connectivity index (χ2n) is 2.59. The third-order valence-corrected chi connectivity index (χ3v) is 1.37. The van der Waals surface area contributed by atoms with E-state index >= 15 is 0 Å². The van der Waals surface area contributed by atoms with Crippen LogP contribution in [0.2, 0.25) is 0 Å². The van der Waals surface area contributed by atoms with Crippen LogP contribution >= 0.6 is 0 Å². The molecule has 0 aromatic heterocycles. The first kappa shape index (κ1) is 10.6. The van der Waals surface area contributed by atoms with Gasteiger partial charge in [0.1, 0.15) is 11.6 Å². The van der Waals surface area contributed by atoms with Crippen molar-refractivity contribution < 1.29 is 22.3 Å². The molecule has 14 heavy (non-hydrogen) atoms. The molecule has 0 fully saturated rings. The van der Waals surface area contributed by atoms with Gasteiger partial charge in [0.15, 0.2) is 6.61 Å². The van der Waals surface area contributed by atoms with Gasteiger partial charge < -0.3 is 10.5 Å². The number of halogens is 4. The van der Waals surface area contributed by atoms with E-state index in [0.717, 1.165) is 18.2 Å². The Labute approximate surface area is 77.3 Å². The molecule has 0 atom stereocenters. The van der Waals surface area contributed by atoms with Crippen molar-refractivity contribution >= 4 is 5.69 Å². The zero-order valence-corrected chi connectivity index (χ0v) is 6.94. The SMILES string of the molecule is Nc1cc(OCC(F)(F)F)ccc1F. The molecule has 78 valence electrons. The second kappa shape index (κ2) is 3.73. The number of anilines is 1. The number of benzene rings is 1. The molecule has 0 heterocycles. The summed E-state index contributed by atoms with van der Waals surface area (Å²) < 4.78 is 52.0. The van der Waals surface area contributed by atoms with Crippen LogP contribution in [0.3, 0.4) is 0 Å². The molecule has 0 unspecified atom stereocenters. The predicted molar refractivity (Wildman–Crippen MR) is 42.4 cm³/mol. The molecule has 0 aliphatic heterocycles. The molecule has 0 aliphatic carbocycles. The minimum absolute atomic E-state index is 0.110. The molecule has 2 nitrogen and oxygen atoms in total. The molecule has 2 N–H and O–H groups in total. The van der Waals surface area contributed by atoms with Crippen molar-refractivity contribution in [1.82, 2.24) is 0 Å². The first-order valence-electron chi connectivity index (χ1n) is 3.63. The van der Waals surface area contributed by atoms with Gasteiger partial charge in [0.25, 0.3) is 0 Å². The molecule has 1 rings (SSSR count). The zero-order chi connectivity index (χ0) is 10.8. The summed E-state index contributed by atoms with van der Waals surface area (Å²) in [5.74, 6) is -0.800. The number of nitrogen functional groups attached to an aromatic ring is 1. The summed E-state index contributed by atoms with van der Waals surface area (Å²) in [5.41, 5.74) is 4.88. The molecular formula is C8H7F4NO. The maximum Gasteiger partial charge on any atom is 0.422 e. The van der Waals surface area contributed by atoms with Crippen molar-refractivity contribution in [3.8, 4) is 5.75 Å². The lowest BCUT2D eigenvalue weighted by Crippen LogP contribution is -2.19. The molecule has 0 aliphatic rings. The Kier molecular flexibility index (Phi) is 2.83. The summed E-state index contributed by atoms with van der Waals surface area (Å²) >= 11 is 0. The molecule has 6 heteroatoms. The van der Waals surface area contributed by atoms with Crippen molar-refractivity contribution in [2.75, 3.05) is 12.3 Å². The summed E-state index contributed by atoms with van der Waals surface area (Å²) in [6, 6.07) is 3.03. The molecular weight excluding hydrogens is 202 g/mol. The maximum absolute atomic E-state index is 12.6. The van der Waals surface area contributed by atoms with Crippen LogP contribution in [0.5, 0.6) is 5.75 Å². The van der Waals surface area contributed by atoms with Gasteiger partial charge in [-0.2, -0.15) is 13.2 Å². The van der Waals surface area contributed by atoms with Crippen LogP contribution in [0.1, 0.15) is 0 Å². The van der Waals surface area contributed by atoms with Crippen LogP contribution in [0.15, 0.2) is 18.2 Å². The standard InChI is InChI=1S/C8H7F4NO/c9-6-2-1-5(3-7(6)13)14-4-8(10,11)12/h1-3H,4,13H2. The highest BCUT2D eigenvalue weighted by Crippen LogP contribution is 2.21. The molecule has 0 radical (unpaired) electrons. The molecule has 1 aromatic carbocycles. The van der Waals surface area contributed by atoms with Crippen LogP contribution in [-0.4, -0.2) is 12.8 Å². The van der Waals surface area contributed by atoms with Crippen molar-refractivity contribution in [3.63, 3.8) is 0 Å². The Morgan fingerprint density at radius 3 is 2.43 bits per heavy atom. The average Bonchev–Trinajstić information content (AvgIpc) is 2.06. The molecule has 0 saturated heterocycles. The highest BCUT2D eigenvalue weighted by molar-refractivity contribution is 5.45. The first-order valence-corrected chi connectivity index (χ1v) is 3.63. The first-order chi connectivity index (χ1) is 6.38. The molecule has 0 bridgehead atoms. The largest absolute Gasteiger partial charge is 0.484 e. The fourth-order valence-electron chi connectivity index (χ4n) is 0.777. The Bertz CT molecular complexity index is 324. The van der Waals surface area contributed by atoms with Gasteiger partial charge in [0.05, 0.1) is 5.69 Å². The van der Waals surface area contributed by atoms with Crippen molar-refractivity contribution in [3.05, 3.63) is 24.0 Å². The number of alkyl halides is 3. The third-order valence-electron chi connectivity index (χ3n) is 1.37. The Balaban J connectivity index is 2.65. The summed E-state index contributed by atoms with van der Waals surface area (Å²) in [4.78, 5) is 0. The highest BCUT2D eigenvalue weighted by Gasteiger charge is 2.28. The van der Waals surface area contributed by atoms with Crippen molar-refractivity contribution in [2.24, 2.45) is 0 Å². The van der Waals surface area contributed by atoms with Crippen molar-refractivity contribution in [1.29, 1.82) is 0 Å². The zero-order valence-electron chi connectivity index (χ0n) is 6.94. The van der Waals surface area contributed by atoms with E-state index in [4.69, 9.17) is 5.73 Å². The van der Waals surface area contributed by atoms with Gasteiger partial charge >= 0.3 is 6.18 Å². The lowest BCUT2D eigenvalue weighted by Gasteiger charge is -2.09. The summed E-state index contributed by atoms with van der Waals surface area (Å²) in [7, 11) is 0. The van der Waals surface area contributed by atoms with Gasteiger partial charge in [-0.05, 0) is 12.1 Å². The van der Waals surface area contributed by atoms with Gasteiger partial charge in [0.2, 0.25) is 0 Å². The topological polar surface area (TPSA) is 35.2 Å². The molecule has 1 aromatic rings. The minimum atomic E-state index is -4.41. The number of nitrogens with two attached hydrogens (primary N) is 1. The highest BCUT2D eigenvalue weighted by atomic mass is 19.4. The average molecular weight is 209 g/mol. The second-order valence-corrected chi connectivity index (χ2v) is 2.59. The summed E-state index contributed by atoms with van der Waals surface area (Å²) in [6.45, 7) is -1.42. The van der Waals surface area contributed by atoms with Gasteiger partial charge in [-0.3, -0.25) is 0 Å². The lowest BCUT2D eigenvalue weighted by atomic mass is 10.3. The van der Waals surface area contributed by atoms with E-state index in [-0.39, 0.29) is 11.4 Å². The summed E-state index contributed by atoms with van der Waals surface area (Å²) in [5, 5.41) is 0. The lowest BCUT2D eigenvalue weighted by molar-refractivity contribution is -0.153. The van der Waals surface area contributed by atoms with E-state index in [1.54, 1.807) is 0 Å². The monoisotopic (exact) mass is 209 g/mol. The van der Waals surface area contributed by atoms with Crippen LogP contribution in [0.25, 0.3) is 0 Å². The summed E-state index contributed by atoms with van der Waals surface area (Å²) in [6.07, 6.45) is -4.41. The van der Waals surface area contributed by atoms with E-state index in [1.165, 1.54) is 0 Å². The minimum Gasteiger partial charge on any atom is -0.484 e. The fourth-order valence-corrected chi connectivity index (χ4v) is 0.777. The van der Waals surface area contributed by atoms with E-state index in [2.05, 4.69) is 4.74 Å². The van der Waals surface area contributed by atoms with Crippen LogP contribution in [0, 0.1) is 5.82 Å². The van der Waals surface area contributed by atoms with Crippen molar-refractivity contribution in [2.45, 2.75) is 6.18 Å². The number of hydrogen-bond acceptors (Lipinski definition) is 2. The molecule has 0 saturated carbocycles. The Morgan fingerprint density at radius 2 is 1.93 bits per heavy atom. The van der Waals surface area contributed by atoms with Gasteiger partial charge in [-0.1, -0.05) is 0 Å². The van der Waals surface area contributed by atoms with E-state index in [9.17, 15) is 17.6 Å². The smallest absolute Gasteiger partial charge is 0.422 e. The third kappa shape index (κ3) is 3.12.